The molecule has 1 saturated heterocycles. The van der Waals surface area contributed by atoms with Gasteiger partial charge in [0.1, 0.15) is 5.75 Å². The summed E-state index contributed by atoms with van der Waals surface area (Å²) in [5, 5.41) is 2.76. The highest BCUT2D eigenvalue weighted by molar-refractivity contribution is 7.85. The van der Waals surface area contributed by atoms with Crippen molar-refractivity contribution in [1.29, 1.82) is 0 Å². The predicted octanol–water partition coefficient (Wildman–Crippen LogP) is 1.03. The van der Waals surface area contributed by atoms with Crippen molar-refractivity contribution in [2.75, 3.05) is 19.5 Å². The topological polar surface area (TPSA) is 81.7 Å². The van der Waals surface area contributed by atoms with E-state index in [-0.39, 0.29) is 24.5 Å². The number of carbonyl (C=O) groups excluding carboxylic acids is 1. The van der Waals surface area contributed by atoms with Gasteiger partial charge in [-0.1, -0.05) is 12.1 Å². The number of amides is 1. The van der Waals surface area contributed by atoms with Crippen molar-refractivity contribution in [2.24, 2.45) is 0 Å². The Hall–Kier alpha value is -1.60. The molecule has 1 aliphatic heterocycles. The second kappa shape index (κ2) is 6.44. The molecule has 2 atom stereocenters. The van der Waals surface area contributed by atoms with Crippen LogP contribution in [-0.4, -0.2) is 39.8 Å². The van der Waals surface area contributed by atoms with Gasteiger partial charge < -0.3 is 10.1 Å². The zero-order valence-corrected chi connectivity index (χ0v) is 12.9. The summed E-state index contributed by atoms with van der Waals surface area (Å²) in [6.07, 6.45) is 1.51. The molecule has 1 aromatic carbocycles. The fourth-order valence-corrected chi connectivity index (χ4v) is 2.73. The van der Waals surface area contributed by atoms with E-state index >= 15 is 0 Å². The van der Waals surface area contributed by atoms with E-state index < -0.39 is 10.1 Å². The van der Waals surface area contributed by atoms with Gasteiger partial charge in [0.15, 0.2) is 0 Å². The summed E-state index contributed by atoms with van der Waals surface area (Å²) < 4.78 is 32.0. The highest BCUT2D eigenvalue weighted by atomic mass is 32.2. The summed E-state index contributed by atoms with van der Waals surface area (Å²) in [4.78, 5) is 12.0. The lowest BCUT2D eigenvalue weighted by molar-refractivity contribution is -0.120. The Kier molecular flexibility index (Phi) is 4.84. The predicted molar refractivity (Wildman–Crippen MR) is 77.7 cm³/mol. The maximum absolute atomic E-state index is 12.0. The average Bonchev–Trinajstić information content (AvgIpc) is 2.78. The molecule has 1 heterocycles. The van der Waals surface area contributed by atoms with Crippen LogP contribution in [-0.2, 0) is 19.1 Å². The number of nitrogens with one attached hydrogen (secondary N) is 1. The van der Waals surface area contributed by atoms with Crippen LogP contribution in [0, 0.1) is 0 Å². The molecule has 2 rings (SSSR count). The molecule has 0 bridgehead atoms. The Morgan fingerprint density at radius 3 is 2.52 bits per heavy atom. The number of rotatable bonds is 6. The van der Waals surface area contributed by atoms with Gasteiger partial charge in [0.05, 0.1) is 31.4 Å². The van der Waals surface area contributed by atoms with Crippen LogP contribution >= 0.6 is 0 Å². The first-order chi connectivity index (χ1) is 9.89. The van der Waals surface area contributed by atoms with Gasteiger partial charge in [0.25, 0.3) is 10.1 Å². The normalized spacial score (nSPS) is 22.1. The summed E-state index contributed by atoms with van der Waals surface area (Å²) in [6, 6.07) is 7.08. The molecule has 21 heavy (non-hydrogen) atoms. The molecule has 116 valence electrons. The maximum atomic E-state index is 12.0. The third kappa shape index (κ3) is 4.44. The second-order valence-electron chi connectivity index (χ2n) is 4.98. The first-order valence-electron chi connectivity index (χ1n) is 6.76. The van der Waals surface area contributed by atoms with Crippen molar-refractivity contribution >= 4 is 16.0 Å². The van der Waals surface area contributed by atoms with Crippen LogP contribution in [0.4, 0.5) is 0 Å². The zero-order valence-electron chi connectivity index (χ0n) is 12.0. The molecular weight excluding hydrogens is 294 g/mol. The van der Waals surface area contributed by atoms with Gasteiger partial charge in [0.2, 0.25) is 5.91 Å². The SMILES string of the molecule is CCOc1ccc([C@@H]2CC(COS(C)(=O)=O)NC2=O)cc1. The lowest BCUT2D eigenvalue weighted by Crippen LogP contribution is -2.30. The minimum atomic E-state index is -3.49. The molecule has 1 N–H and O–H groups in total. The monoisotopic (exact) mass is 313 g/mol. The van der Waals surface area contributed by atoms with Crippen molar-refractivity contribution in [3.63, 3.8) is 0 Å². The van der Waals surface area contributed by atoms with Crippen LogP contribution in [0.3, 0.4) is 0 Å². The van der Waals surface area contributed by atoms with Crippen molar-refractivity contribution in [3.05, 3.63) is 29.8 Å². The van der Waals surface area contributed by atoms with E-state index in [1.807, 2.05) is 31.2 Å². The Bertz CT molecular complexity index is 596. The molecule has 0 spiro atoms. The second-order valence-corrected chi connectivity index (χ2v) is 6.63. The lowest BCUT2D eigenvalue weighted by atomic mass is 9.96. The number of carbonyl (C=O) groups is 1. The van der Waals surface area contributed by atoms with E-state index in [4.69, 9.17) is 8.92 Å². The van der Waals surface area contributed by atoms with Gasteiger partial charge >= 0.3 is 0 Å². The molecule has 0 saturated carbocycles. The molecule has 1 unspecified atom stereocenters. The highest BCUT2D eigenvalue weighted by Gasteiger charge is 2.33. The van der Waals surface area contributed by atoms with E-state index in [1.54, 1.807) is 0 Å². The Morgan fingerprint density at radius 2 is 1.95 bits per heavy atom. The minimum Gasteiger partial charge on any atom is -0.494 e. The molecular formula is C14H19NO5S. The van der Waals surface area contributed by atoms with Gasteiger partial charge in [-0.15, -0.1) is 0 Å². The standard InChI is InChI=1S/C14H19NO5S/c1-3-19-12-6-4-10(5-7-12)13-8-11(15-14(13)16)9-20-21(2,17)18/h4-7,11,13H,3,8-9H2,1-2H3,(H,15,16)/t11?,13-/m0/s1. The minimum absolute atomic E-state index is 0.0297. The molecule has 7 heteroatoms. The number of hydrogen-bond acceptors (Lipinski definition) is 5. The first kappa shape index (κ1) is 15.8. The van der Waals surface area contributed by atoms with Crippen LogP contribution in [0.15, 0.2) is 24.3 Å². The summed E-state index contributed by atoms with van der Waals surface area (Å²) >= 11 is 0. The Morgan fingerprint density at radius 1 is 1.29 bits per heavy atom. The molecule has 0 aliphatic carbocycles. The first-order valence-corrected chi connectivity index (χ1v) is 8.58. The van der Waals surface area contributed by atoms with Crippen LogP contribution in [0.5, 0.6) is 5.75 Å². The summed E-state index contributed by atoms with van der Waals surface area (Å²) in [5.74, 6) is 0.367. The Balaban J connectivity index is 1.99. The number of benzene rings is 1. The van der Waals surface area contributed by atoms with Crippen molar-refractivity contribution < 1.29 is 22.1 Å². The van der Waals surface area contributed by atoms with Crippen LogP contribution in [0.1, 0.15) is 24.8 Å². The lowest BCUT2D eigenvalue weighted by Gasteiger charge is -2.10. The van der Waals surface area contributed by atoms with Crippen molar-refractivity contribution in [3.8, 4) is 5.75 Å². The van der Waals surface area contributed by atoms with Gasteiger partial charge in [-0.25, -0.2) is 0 Å². The molecule has 0 radical (unpaired) electrons. The summed E-state index contributed by atoms with van der Waals surface area (Å²) in [6.45, 7) is 2.47. The fourth-order valence-electron chi connectivity index (χ4n) is 2.32. The van der Waals surface area contributed by atoms with E-state index in [0.29, 0.717) is 13.0 Å². The van der Waals surface area contributed by atoms with Crippen LogP contribution < -0.4 is 10.1 Å². The third-order valence-electron chi connectivity index (χ3n) is 3.26. The molecule has 1 fully saturated rings. The molecule has 1 aliphatic rings. The summed E-state index contributed by atoms with van der Waals surface area (Å²) in [7, 11) is -3.49. The van der Waals surface area contributed by atoms with Crippen molar-refractivity contribution in [2.45, 2.75) is 25.3 Å². The quantitative estimate of drug-likeness (QED) is 0.793. The highest BCUT2D eigenvalue weighted by Crippen LogP contribution is 2.28. The maximum Gasteiger partial charge on any atom is 0.264 e. The van der Waals surface area contributed by atoms with Crippen molar-refractivity contribution in [1.82, 2.24) is 5.32 Å². The van der Waals surface area contributed by atoms with Gasteiger partial charge in [-0.3, -0.25) is 8.98 Å². The fraction of sp³-hybridized carbons (Fsp3) is 0.500. The molecule has 1 amide bonds. The van der Waals surface area contributed by atoms with Gasteiger partial charge in [-0.2, -0.15) is 8.42 Å². The number of ether oxygens (including phenoxy) is 1. The van der Waals surface area contributed by atoms with E-state index in [0.717, 1.165) is 17.6 Å². The van der Waals surface area contributed by atoms with E-state index in [1.165, 1.54) is 0 Å². The van der Waals surface area contributed by atoms with Gasteiger partial charge in [-0.05, 0) is 31.0 Å². The smallest absolute Gasteiger partial charge is 0.264 e. The van der Waals surface area contributed by atoms with E-state index in [9.17, 15) is 13.2 Å². The Labute approximate surface area is 124 Å². The van der Waals surface area contributed by atoms with Gasteiger partial charge in [0, 0.05) is 0 Å². The van der Waals surface area contributed by atoms with Crippen LogP contribution in [0.25, 0.3) is 0 Å². The number of hydrogen-bond donors (Lipinski definition) is 1. The molecule has 1 aromatic rings. The van der Waals surface area contributed by atoms with Crippen LogP contribution in [0.2, 0.25) is 0 Å². The van der Waals surface area contributed by atoms with E-state index in [2.05, 4.69) is 5.32 Å². The largest absolute Gasteiger partial charge is 0.494 e. The zero-order chi connectivity index (χ0) is 15.5. The summed E-state index contributed by atoms with van der Waals surface area (Å²) in [5.41, 5.74) is 0.887. The third-order valence-corrected chi connectivity index (χ3v) is 3.82. The molecule has 6 nitrogen and oxygen atoms in total. The average molecular weight is 313 g/mol. The molecule has 0 aromatic heterocycles.